The van der Waals surface area contributed by atoms with Gasteiger partial charge in [0.1, 0.15) is 0 Å². The second kappa shape index (κ2) is 8.97. The summed E-state index contributed by atoms with van der Waals surface area (Å²) in [7, 11) is 1.30. The van der Waals surface area contributed by atoms with Gasteiger partial charge in [-0.15, -0.1) is 0 Å². The molecule has 0 heterocycles. The first-order chi connectivity index (χ1) is 10.1. The van der Waals surface area contributed by atoms with Gasteiger partial charge in [0.15, 0.2) is 0 Å². The fourth-order valence-electron chi connectivity index (χ4n) is 1.84. The summed E-state index contributed by atoms with van der Waals surface area (Å²) in [4.78, 5) is 25.2. The number of amides is 2. The summed E-state index contributed by atoms with van der Waals surface area (Å²) in [6.45, 7) is 7.58. The summed E-state index contributed by atoms with van der Waals surface area (Å²) < 4.78 is 4.49. The van der Waals surface area contributed by atoms with Crippen molar-refractivity contribution >= 4 is 17.7 Å². The molecule has 21 heavy (non-hydrogen) atoms. The van der Waals surface area contributed by atoms with Crippen LogP contribution in [0.3, 0.4) is 0 Å². The van der Waals surface area contributed by atoms with Crippen molar-refractivity contribution in [2.24, 2.45) is 0 Å². The smallest absolute Gasteiger partial charge is 0.411 e. The fraction of sp³-hybridized carbons (Fsp3) is 0.467. The van der Waals surface area contributed by atoms with Gasteiger partial charge in [-0.1, -0.05) is 13.8 Å². The minimum atomic E-state index is -0.536. The van der Waals surface area contributed by atoms with Crippen LogP contribution in [0.1, 0.15) is 24.2 Å². The molecule has 0 fully saturated rings. The normalized spacial score (nSPS) is 10.3. The van der Waals surface area contributed by atoms with E-state index in [-0.39, 0.29) is 5.91 Å². The third-order valence-corrected chi connectivity index (χ3v) is 3.19. The van der Waals surface area contributed by atoms with Gasteiger partial charge in [-0.2, -0.15) is 0 Å². The number of hydrogen-bond donors (Lipinski definition) is 2. The molecule has 2 amide bonds. The minimum absolute atomic E-state index is 0.119. The van der Waals surface area contributed by atoms with E-state index in [0.717, 1.165) is 19.6 Å². The first-order valence-corrected chi connectivity index (χ1v) is 7.06. The summed E-state index contributed by atoms with van der Waals surface area (Å²) in [6.07, 6.45) is -0.536. The van der Waals surface area contributed by atoms with Crippen LogP contribution < -0.4 is 10.6 Å². The Bertz CT molecular complexity index is 456. The van der Waals surface area contributed by atoms with E-state index in [9.17, 15) is 9.59 Å². The number of carbonyl (C=O) groups excluding carboxylic acids is 2. The molecule has 1 rings (SSSR count). The molecule has 6 heteroatoms. The largest absolute Gasteiger partial charge is 0.453 e. The Hall–Kier alpha value is -2.08. The summed E-state index contributed by atoms with van der Waals surface area (Å²) in [5.74, 6) is -0.119. The Morgan fingerprint density at radius 1 is 1.14 bits per heavy atom. The number of hydrogen-bond acceptors (Lipinski definition) is 4. The molecule has 1 aromatic carbocycles. The Morgan fingerprint density at radius 2 is 1.76 bits per heavy atom. The van der Waals surface area contributed by atoms with Gasteiger partial charge >= 0.3 is 6.09 Å². The average molecular weight is 293 g/mol. The Morgan fingerprint density at radius 3 is 2.29 bits per heavy atom. The number of likely N-dealkylation sites (N-methyl/N-ethyl adjacent to an activating group) is 1. The predicted molar refractivity (Wildman–Crippen MR) is 82.6 cm³/mol. The van der Waals surface area contributed by atoms with Gasteiger partial charge in [0.05, 0.1) is 7.11 Å². The van der Waals surface area contributed by atoms with E-state index in [0.29, 0.717) is 17.8 Å². The summed E-state index contributed by atoms with van der Waals surface area (Å²) >= 11 is 0. The molecule has 116 valence electrons. The van der Waals surface area contributed by atoms with Crippen LogP contribution >= 0.6 is 0 Å². The van der Waals surface area contributed by atoms with E-state index < -0.39 is 6.09 Å². The van der Waals surface area contributed by atoms with Crippen LogP contribution in [0.25, 0.3) is 0 Å². The average Bonchev–Trinajstić information content (AvgIpc) is 2.52. The third kappa shape index (κ3) is 5.83. The molecule has 0 atom stereocenters. The van der Waals surface area contributed by atoms with E-state index in [2.05, 4.69) is 34.1 Å². The van der Waals surface area contributed by atoms with Gasteiger partial charge in [-0.05, 0) is 37.4 Å². The summed E-state index contributed by atoms with van der Waals surface area (Å²) in [5.41, 5.74) is 1.14. The SMILES string of the molecule is CCN(CC)CCNC(=O)c1ccc(NC(=O)OC)cc1. The highest BCUT2D eigenvalue weighted by molar-refractivity contribution is 5.95. The van der Waals surface area contributed by atoms with Gasteiger partial charge < -0.3 is 15.0 Å². The molecular weight excluding hydrogens is 270 g/mol. The van der Waals surface area contributed by atoms with Crippen LogP contribution in [0.2, 0.25) is 0 Å². The maximum absolute atomic E-state index is 12.0. The molecule has 0 unspecified atom stereocenters. The zero-order valence-electron chi connectivity index (χ0n) is 12.8. The molecule has 6 nitrogen and oxygen atoms in total. The zero-order valence-corrected chi connectivity index (χ0v) is 12.8. The van der Waals surface area contributed by atoms with Crippen LogP contribution in [0.4, 0.5) is 10.5 Å². The second-order valence-corrected chi connectivity index (χ2v) is 4.48. The highest BCUT2D eigenvalue weighted by atomic mass is 16.5. The lowest BCUT2D eigenvalue weighted by Gasteiger charge is -2.17. The van der Waals surface area contributed by atoms with Crippen molar-refractivity contribution in [3.8, 4) is 0 Å². The number of rotatable bonds is 7. The first kappa shape index (κ1) is 17.0. The molecule has 0 aromatic heterocycles. The number of methoxy groups -OCH3 is 1. The van der Waals surface area contributed by atoms with Gasteiger partial charge in [0.2, 0.25) is 0 Å². The highest BCUT2D eigenvalue weighted by Gasteiger charge is 2.07. The molecule has 0 aliphatic rings. The Kier molecular flexibility index (Phi) is 7.25. The van der Waals surface area contributed by atoms with Crippen molar-refractivity contribution in [3.05, 3.63) is 29.8 Å². The molecule has 0 saturated carbocycles. The van der Waals surface area contributed by atoms with Crippen molar-refractivity contribution in [1.29, 1.82) is 0 Å². The van der Waals surface area contributed by atoms with Gasteiger partial charge in [-0.3, -0.25) is 10.1 Å². The number of ether oxygens (including phenoxy) is 1. The van der Waals surface area contributed by atoms with Crippen LogP contribution in [-0.2, 0) is 4.74 Å². The quantitative estimate of drug-likeness (QED) is 0.806. The Labute approximate surface area is 125 Å². The van der Waals surface area contributed by atoms with Crippen molar-refractivity contribution in [2.75, 3.05) is 38.6 Å². The predicted octanol–water partition coefficient (Wildman–Crippen LogP) is 1.94. The van der Waals surface area contributed by atoms with E-state index in [1.807, 2.05) is 0 Å². The lowest BCUT2D eigenvalue weighted by Crippen LogP contribution is -2.34. The molecule has 0 spiro atoms. The number of nitrogens with one attached hydrogen (secondary N) is 2. The van der Waals surface area contributed by atoms with E-state index >= 15 is 0 Å². The van der Waals surface area contributed by atoms with Crippen LogP contribution in [-0.4, -0.2) is 50.2 Å². The number of anilines is 1. The Balaban J connectivity index is 2.46. The zero-order chi connectivity index (χ0) is 15.7. The fourth-order valence-corrected chi connectivity index (χ4v) is 1.84. The molecule has 0 radical (unpaired) electrons. The van der Waals surface area contributed by atoms with Crippen molar-refractivity contribution in [2.45, 2.75) is 13.8 Å². The number of carbonyl (C=O) groups is 2. The van der Waals surface area contributed by atoms with Crippen LogP contribution in [0.15, 0.2) is 24.3 Å². The summed E-state index contributed by atoms with van der Waals surface area (Å²) in [6, 6.07) is 6.66. The first-order valence-electron chi connectivity index (χ1n) is 7.06. The van der Waals surface area contributed by atoms with Gasteiger partial charge in [0.25, 0.3) is 5.91 Å². The summed E-state index contributed by atoms with van der Waals surface area (Å²) in [5, 5.41) is 5.41. The lowest BCUT2D eigenvalue weighted by atomic mass is 10.2. The maximum Gasteiger partial charge on any atom is 0.411 e. The maximum atomic E-state index is 12.0. The highest BCUT2D eigenvalue weighted by Crippen LogP contribution is 2.09. The van der Waals surface area contributed by atoms with E-state index in [4.69, 9.17) is 0 Å². The lowest BCUT2D eigenvalue weighted by molar-refractivity contribution is 0.0949. The molecule has 0 saturated heterocycles. The van der Waals surface area contributed by atoms with Gasteiger partial charge in [0, 0.05) is 24.3 Å². The van der Waals surface area contributed by atoms with E-state index in [1.165, 1.54) is 7.11 Å². The van der Waals surface area contributed by atoms with Crippen LogP contribution in [0, 0.1) is 0 Å². The second-order valence-electron chi connectivity index (χ2n) is 4.48. The van der Waals surface area contributed by atoms with Crippen molar-refractivity contribution < 1.29 is 14.3 Å². The third-order valence-electron chi connectivity index (χ3n) is 3.19. The van der Waals surface area contributed by atoms with Crippen LogP contribution in [0.5, 0.6) is 0 Å². The molecule has 0 bridgehead atoms. The standard InChI is InChI=1S/C15H23N3O3/c1-4-18(5-2)11-10-16-14(19)12-6-8-13(9-7-12)17-15(20)21-3/h6-9H,4-5,10-11H2,1-3H3,(H,16,19)(H,17,20). The topological polar surface area (TPSA) is 70.7 Å². The minimum Gasteiger partial charge on any atom is -0.453 e. The van der Waals surface area contributed by atoms with Crippen molar-refractivity contribution in [1.82, 2.24) is 10.2 Å². The monoisotopic (exact) mass is 293 g/mol. The van der Waals surface area contributed by atoms with E-state index in [1.54, 1.807) is 24.3 Å². The molecule has 1 aromatic rings. The number of nitrogens with zero attached hydrogens (tertiary/aromatic N) is 1. The molecule has 0 aliphatic heterocycles. The molecule has 2 N–H and O–H groups in total. The van der Waals surface area contributed by atoms with Crippen molar-refractivity contribution in [3.63, 3.8) is 0 Å². The molecule has 0 aliphatic carbocycles. The number of benzene rings is 1. The molecular formula is C15H23N3O3. The van der Waals surface area contributed by atoms with Gasteiger partial charge in [-0.25, -0.2) is 4.79 Å².